The highest BCUT2D eigenvalue weighted by molar-refractivity contribution is 5.17. The standard InChI is InChI=1S/C16H22F2N2/c17-14-7-12(8-15(18)9-14)10-20-6-2-3-13(11-20)16-4-1-5-19-16/h7-9,13,16,19H,1-6,10-11H2. The van der Waals surface area contributed by atoms with Gasteiger partial charge in [-0.25, -0.2) is 8.78 Å². The number of hydrogen-bond acceptors (Lipinski definition) is 2. The summed E-state index contributed by atoms with van der Waals surface area (Å²) in [5.41, 5.74) is 0.738. The Morgan fingerprint density at radius 2 is 1.90 bits per heavy atom. The molecule has 2 saturated heterocycles. The molecule has 110 valence electrons. The van der Waals surface area contributed by atoms with Crippen molar-refractivity contribution in [2.45, 2.75) is 38.3 Å². The fourth-order valence-electron chi connectivity index (χ4n) is 3.64. The van der Waals surface area contributed by atoms with Gasteiger partial charge in [0.2, 0.25) is 0 Å². The minimum atomic E-state index is -0.481. The fourth-order valence-corrected chi connectivity index (χ4v) is 3.64. The lowest BCUT2D eigenvalue weighted by Gasteiger charge is -2.35. The van der Waals surface area contributed by atoms with Crippen LogP contribution in [0.25, 0.3) is 0 Å². The Bertz CT molecular complexity index is 438. The third kappa shape index (κ3) is 3.36. The summed E-state index contributed by atoms with van der Waals surface area (Å²) in [7, 11) is 0. The number of piperidine rings is 1. The lowest BCUT2D eigenvalue weighted by Crippen LogP contribution is -2.43. The van der Waals surface area contributed by atoms with Crippen LogP contribution in [-0.4, -0.2) is 30.6 Å². The van der Waals surface area contributed by atoms with Crippen molar-refractivity contribution in [3.8, 4) is 0 Å². The van der Waals surface area contributed by atoms with Crippen LogP contribution in [0.5, 0.6) is 0 Å². The molecule has 2 unspecified atom stereocenters. The first-order chi connectivity index (χ1) is 9.70. The summed E-state index contributed by atoms with van der Waals surface area (Å²) in [5.74, 6) is -0.276. The van der Waals surface area contributed by atoms with Crippen LogP contribution in [0, 0.1) is 17.6 Å². The molecule has 0 radical (unpaired) electrons. The van der Waals surface area contributed by atoms with E-state index < -0.39 is 11.6 Å². The molecule has 0 bridgehead atoms. The number of rotatable bonds is 3. The summed E-state index contributed by atoms with van der Waals surface area (Å²) in [5, 5.41) is 3.58. The Balaban J connectivity index is 1.61. The molecule has 1 N–H and O–H groups in total. The number of likely N-dealkylation sites (tertiary alicyclic amines) is 1. The van der Waals surface area contributed by atoms with Gasteiger partial charge in [-0.15, -0.1) is 0 Å². The lowest BCUT2D eigenvalue weighted by atomic mass is 9.89. The maximum absolute atomic E-state index is 13.2. The van der Waals surface area contributed by atoms with E-state index >= 15 is 0 Å². The first-order valence-corrected chi connectivity index (χ1v) is 7.61. The number of halogens is 2. The number of nitrogens with one attached hydrogen (secondary N) is 1. The van der Waals surface area contributed by atoms with Crippen molar-refractivity contribution in [3.05, 3.63) is 35.4 Å². The van der Waals surface area contributed by atoms with Crippen molar-refractivity contribution in [2.24, 2.45) is 5.92 Å². The van der Waals surface area contributed by atoms with Gasteiger partial charge in [0.25, 0.3) is 0 Å². The normalized spacial score (nSPS) is 27.9. The van der Waals surface area contributed by atoms with Gasteiger partial charge in [0, 0.05) is 25.2 Å². The molecular formula is C16H22F2N2. The van der Waals surface area contributed by atoms with Crippen LogP contribution >= 0.6 is 0 Å². The maximum Gasteiger partial charge on any atom is 0.126 e. The monoisotopic (exact) mass is 280 g/mol. The van der Waals surface area contributed by atoms with Gasteiger partial charge in [0.1, 0.15) is 11.6 Å². The van der Waals surface area contributed by atoms with E-state index in [0.717, 1.165) is 31.3 Å². The van der Waals surface area contributed by atoms with Gasteiger partial charge in [-0.1, -0.05) is 0 Å². The van der Waals surface area contributed by atoms with Gasteiger partial charge in [0.05, 0.1) is 0 Å². The van der Waals surface area contributed by atoms with Crippen molar-refractivity contribution in [1.82, 2.24) is 10.2 Å². The Morgan fingerprint density at radius 1 is 1.10 bits per heavy atom. The van der Waals surface area contributed by atoms with Crippen LogP contribution in [0.4, 0.5) is 8.78 Å². The van der Waals surface area contributed by atoms with E-state index in [2.05, 4.69) is 10.2 Å². The van der Waals surface area contributed by atoms with Crippen LogP contribution in [0.3, 0.4) is 0 Å². The summed E-state index contributed by atoms with van der Waals surface area (Å²) >= 11 is 0. The van der Waals surface area contributed by atoms with E-state index in [-0.39, 0.29) is 0 Å². The number of hydrogen-bond donors (Lipinski definition) is 1. The molecule has 0 amide bonds. The van der Waals surface area contributed by atoms with Gasteiger partial charge in [-0.2, -0.15) is 0 Å². The highest BCUT2D eigenvalue weighted by atomic mass is 19.1. The summed E-state index contributed by atoms with van der Waals surface area (Å²) in [6, 6.07) is 4.47. The molecule has 2 fully saturated rings. The zero-order valence-electron chi connectivity index (χ0n) is 11.7. The first-order valence-electron chi connectivity index (χ1n) is 7.61. The molecule has 4 heteroatoms. The van der Waals surface area contributed by atoms with E-state index in [0.29, 0.717) is 18.5 Å². The molecule has 2 aliphatic heterocycles. The molecule has 2 aliphatic rings. The van der Waals surface area contributed by atoms with Gasteiger partial charge < -0.3 is 5.32 Å². The largest absolute Gasteiger partial charge is 0.314 e. The van der Waals surface area contributed by atoms with Crippen LogP contribution in [0.2, 0.25) is 0 Å². The Kier molecular flexibility index (Phi) is 4.32. The number of benzene rings is 1. The third-order valence-electron chi connectivity index (χ3n) is 4.54. The van der Waals surface area contributed by atoms with Crippen LogP contribution in [-0.2, 0) is 6.54 Å². The van der Waals surface area contributed by atoms with Crippen LogP contribution < -0.4 is 5.32 Å². The molecule has 1 aromatic carbocycles. The van der Waals surface area contributed by atoms with E-state index in [1.54, 1.807) is 0 Å². The third-order valence-corrected chi connectivity index (χ3v) is 4.54. The second-order valence-electron chi connectivity index (χ2n) is 6.12. The van der Waals surface area contributed by atoms with Crippen molar-refractivity contribution in [1.29, 1.82) is 0 Å². The molecule has 1 aromatic rings. The quantitative estimate of drug-likeness (QED) is 0.916. The topological polar surface area (TPSA) is 15.3 Å². The van der Waals surface area contributed by atoms with Crippen molar-refractivity contribution in [2.75, 3.05) is 19.6 Å². The Labute approximate surface area is 119 Å². The van der Waals surface area contributed by atoms with Crippen LogP contribution in [0.15, 0.2) is 18.2 Å². The molecule has 2 heterocycles. The van der Waals surface area contributed by atoms with Crippen LogP contribution in [0.1, 0.15) is 31.2 Å². The first kappa shape index (κ1) is 14.0. The second kappa shape index (κ2) is 6.19. The average molecular weight is 280 g/mol. The van der Waals surface area contributed by atoms with Gasteiger partial charge >= 0.3 is 0 Å². The van der Waals surface area contributed by atoms with Gasteiger partial charge in [0.15, 0.2) is 0 Å². The predicted octanol–water partition coefficient (Wildman–Crippen LogP) is 2.93. The maximum atomic E-state index is 13.2. The molecule has 2 atom stereocenters. The molecule has 0 saturated carbocycles. The molecule has 0 spiro atoms. The molecule has 0 aromatic heterocycles. The summed E-state index contributed by atoms with van der Waals surface area (Å²) < 4.78 is 26.5. The average Bonchev–Trinajstić information content (AvgIpc) is 2.91. The van der Waals surface area contributed by atoms with Crippen molar-refractivity contribution >= 4 is 0 Å². The Morgan fingerprint density at radius 3 is 2.60 bits per heavy atom. The van der Waals surface area contributed by atoms with Crippen molar-refractivity contribution in [3.63, 3.8) is 0 Å². The van der Waals surface area contributed by atoms with Gasteiger partial charge in [-0.05, 0) is 62.4 Å². The fraction of sp³-hybridized carbons (Fsp3) is 0.625. The lowest BCUT2D eigenvalue weighted by molar-refractivity contribution is 0.145. The SMILES string of the molecule is Fc1cc(F)cc(CN2CCCC(C3CCCN3)C2)c1. The Hall–Kier alpha value is -1.00. The van der Waals surface area contributed by atoms with E-state index in [1.165, 1.54) is 37.8 Å². The minimum Gasteiger partial charge on any atom is -0.314 e. The minimum absolute atomic E-state index is 0.481. The summed E-state index contributed by atoms with van der Waals surface area (Å²) in [6.45, 7) is 3.85. The molecule has 0 aliphatic carbocycles. The molecule has 3 rings (SSSR count). The molecular weight excluding hydrogens is 258 g/mol. The molecule has 2 nitrogen and oxygen atoms in total. The summed E-state index contributed by atoms with van der Waals surface area (Å²) in [6.07, 6.45) is 5.00. The van der Waals surface area contributed by atoms with E-state index in [9.17, 15) is 8.78 Å². The zero-order chi connectivity index (χ0) is 13.9. The molecule has 20 heavy (non-hydrogen) atoms. The zero-order valence-corrected chi connectivity index (χ0v) is 11.7. The van der Waals surface area contributed by atoms with E-state index in [1.807, 2.05) is 0 Å². The highest BCUT2D eigenvalue weighted by Gasteiger charge is 2.28. The summed E-state index contributed by atoms with van der Waals surface area (Å²) in [4.78, 5) is 2.34. The van der Waals surface area contributed by atoms with Gasteiger partial charge in [-0.3, -0.25) is 4.90 Å². The second-order valence-corrected chi connectivity index (χ2v) is 6.12. The van der Waals surface area contributed by atoms with Crippen molar-refractivity contribution < 1.29 is 8.78 Å². The predicted molar refractivity (Wildman–Crippen MR) is 75.4 cm³/mol. The highest BCUT2D eigenvalue weighted by Crippen LogP contribution is 2.25. The number of nitrogens with zero attached hydrogens (tertiary/aromatic N) is 1. The smallest absolute Gasteiger partial charge is 0.126 e. The van der Waals surface area contributed by atoms with E-state index in [4.69, 9.17) is 0 Å².